The zero-order chi connectivity index (χ0) is 12.1. The fraction of sp³-hybridized carbons (Fsp3) is 0.385. The van der Waals surface area contributed by atoms with Gasteiger partial charge in [0.2, 0.25) is 11.7 Å². The highest BCUT2D eigenvalue weighted by molar-refractivity contribution is 5.31. The van der Waals surface area contributed by atoms with Gasteiger partial charge in [-0.15, -0.1) is 0 Å². The normalized spacial score (nSPS) is 10.5. The van der Waals surface area contributed by atoms with Gasteiger partial charge in [-0.3, -0.25) is 0 Å². The van der Waals surface area contributed by atoms with E-state index in [2.05, 4.69) is 17.1 Å². The van der Waals surface area contributed by atoms with Gasteiger partial charge in [0.05, 0.1) is 0 Å². The quantitative estimate of drug-likeness (QED) is 0.795. The Bertz CT molecular complexity index is 480. The minimum absolute atomic E-state index is 0.345. The zero-order valence-electron chi connectivity index (χ0n) is 10.1. The summed E-state index contributed by atoms with van der Waals surface area (Å²) in [5, 5.41) is 3.87. The molecule has 0 aliphatic rings. The number of rotatable bonds is 5. The molecule has 0 unspecified atom stereocenters. The number of nitrogens with zero attached hydrogens (tertiary/aromatic N) is 2. The molecule has 1 aromatic carbocycles. The molecule has 0 fully saturated rings. The molecule has 4 nitrogen and oxygen atoms in total. The number of hydrogen-bond acceptors (Lipinski definition) is 4. The minimum Gasteiger partial charge on any atom is -0.485 e. The van der Waals surface area contributed by atoms with Gasteiger partial charge in [-0.1, -0.05) is 30.3 Å². The first-order valence-corrected chi connectivity index (χ1v) is 5.79. The van der Waals surface area contributed by atoms with Crippen LogP contribution >= 0.6 is 0 Å². The van der Waals surface area contributed by atoms with Crippen LogP contribution in [0.3, 0.4) is 0 Å². The van der Waals surface area contributed by atoms with E-state index in [1.165, 1.54) is 0 Å². The van der Waals surface area contributed by atoms with Crippen LogP contribution in [0.15, 0.2) is 28.8 Å². The molecule has 0 saturated heterocycles. The Morgan fingerprint density at radius 3 is 2.88 bits per heavy atom. The fourth-order valence-electron chi connectivity index (χ4n) is 1.52. The molecule has 0 atom stereocenters. The zero-order valence-corrected chi connectivity index (χ0v) is 10.1. The second-order valence-corrected chi connectivity index (χ2v) is 3.91. The van der Waals surface area contributed by atoms with Gasteiger partial charge in [-0.25, -0.2) is 0 Å². The Kier molecular flexibility index (Phi) is 3.75. The van der Waals surface area contributed by atoms with Crippen LogP contribution in [0.1, 0.15) is 30.6 Å². The highest BCUT2D eigenvalue weighted by atomic mass is 16.5. The number of benzene rings is 1. The lowest BCUT2D eigenvalue weighted by Gasteiger charge is -2.05. The summed E-state index contributed by atoms with van der Waals surface area (Å²) in [6.45, 7) is 4.43. The van der Waals surface area contributed by atoms with Crippen molar-refractivity contribution >= 4 is 0 Å². The molecule has 0 aliphatic carbocycles. The van der Waals surface area contributed by atoms with E-state index in [0.717, 1.165) is 24.2 Å². The average Bonchev–Trinajstić information content (AvgIpc) is 2.76. The highest BCUT2D eigenvalue weighted by Gasteiger charge is 2.06. The van der Waals surface area contributed by atoms with Crippen molar-refractivity contribution in [1.29, 1.82) is 0 Å². The second kappa shape index (κ2) is 5.48. The van der Waals surface area contributed by atoms with Gasteiger partial charge in [0.1, 0.15) is 5.75 Å². The summed E-state index contributed by atoms with van der Waals surface area (Å²) in [6, 6.07) is 7.87. The SMILES string of the molecule is CCCc1nc(COc2ccccc2C)no1. The molecule has 4 heteroatoms. The topological polar surface area (TPSA) is 48.2 Å². The van der Waals surface area contributed by atoms with Crippen LogP contribution < -0.4 is 4.74 Å². The van der Waals surface area contributed by atoms with Gasteiger partial charge < -0.3 is 9.26 Å². The Balaban J connectivity index is 1.95. The van der Waals surface area contributed by atoms with E-state index in [0.29, 0.717) is 18.3 Å². The molecule has 1 heterocycles. The van der Waals surface area contributed by atoms with E-state index in [9.17, 15) is 0 Å². The van der Waals surface area contributed by atoms with Crippen LogP contribution in [-0.2, 0) is 13.0 Å². The van der Waals surface area contributed by atoms with Crippen molar-refractivity contribution < 1.29 is 9.26 Å². The molecule has 0 aliphatic heterocycles. The molecule has 2 rings (SSSR count). The molecule has 2 aromatic rings. The molecule has 17 heavy (non-hydrogen) atoms. The largest absolute Gasteiger partial charge is 0.485 e. The predicted octanol–water partition coefficient (Wildman–Crippen LogP) is 2.91. The van der Waals surface area contributed by atoms with Crippen LogP contribution in [-0.4, -0.2) is 10.1 Å². The number of aromatic nitrogens is 2. The molecular formula is C13H16N2O2. The van der Waals surface area contributed by atoms with Crippen molar-refractivity contribution in [2.45, 2.75) is 33.3 Å². The first-order chi connectivity index (χ1) is 8.29. The Morgan fingerprint density at radius 1 is 1.29 bits per heavy atom. The monoisotopic (exact) mass is 232 g/mol. The molecule has 0 radical (unpaired) electrons. The van der Waals surface area contributed by atoms with Crippen molar-refractivity contribution in [3.8, 4) is 5.75 Å². The number of aryl methyl sites for hydroxylation is 2. The smallest absolute Gasteiger partial charge is 0.226 e. The summed E-state index contributed by atoms with van der Waals surface area (Å²) in [6.07, 6.45) is 1.82. The molecule has 0 bridgehead atoms. The highest BCUT2D eigenvalue weighted by Crippen LogP contribution is 2.17. The van der Waals surface area contributed by atoms with Gasteiger partial charge in [-0.2, -0.15) is 4.98 Å². The first kappa shape index (κ1) is 11.6. The lowest BCUT2D eigenvalue weighted by molar-refractivity contribution is 0.283. The fourth-order valence-corrected chi connectivity index (χ4v) is 1.52. The van der Waals surface area contributed by atoms with E-state index in [1.54, 1.807) is 0 Å². The van der Waals surface area contributed by atoms with Gasteiger partial charge in [-0.05, 0) is 25.0 Å². The van der Waals surface area contributed by atoms with E-state index in [1.807, 2.05) is 31.2 Å². The maximum absolute atomic E-state index is 5.63. The maximum Gasteiger partial charge on any atom is 0.226 e. The van der Waals surface area contributed by atoms with Gasteiger partial charge >= 0.3 is 0 Å². The van der Waals surface area contributed by atoms with Crippen molar-refractivity contribution in [2.75, 3.05) is 0 Å². The standard InChI is InChI=1S/C13H16N2O2/c1-3-6-13-14-12(15-17-13)9-16-11-8-5-4-7-10(11)2/h4-5,7-8H,3,6,9H2,1-2H3. The average molecular weight is 232 g/mol. The number of ether oxygens (including phenoxy) is 1. The maximum atomic E-state index is 5.63. The van der Waals surface area contributed by atoms with Crippen LogP contribution in [0.2, 0.25) is 0 Å². The number of hydrogen-bond donors (Lipinski definition) is 0. The summed E-state index contributed by atoms with van der Waals surface area (Å²) in [5.74, 6) is 2.13. The third-order valence-electron chi connectivity index (χ3n) is 2.42. The molecule has 0 saturated carbocycles. The third kappa shape index (κ3) is 3.06. The first-order valence-electron chi connectivity index (χ1n) is 5.79. The lowest BCUT2D eigenvalue weighted by atomic mass is 10.2. The minimum atomic E-state index is 0.345. The Morgan fingerprint density at radius 2 is 2.12 bits per heavy atom. The summed E-state index contributed by atoms with van der Waals surface area (Å²) in [4.78, 5) is 4.24. The van der Waals surface area contributed by atoms with E-state index in [-0.39, 0.29) is 0 Å². The van der Waals surface area contributed by atoms with Crippen LogP contribution in [0.5, 0.6) is 5.75 Å². The van der Waals surface area contributed by atoms with Crippen LogP contribution in [0.25, 0.3) is 0 Å². The predicted molar refractivity (Wildman–Crippen MR) is 63.8 cm³/mol. The van der Waals surface area contributed by atoms with Crippen molar-refractivity contribution in [1.82, 2.24) is 10.1 Å². The molecule has 0 spiro atoms. The molecular weight excluding hydrogens is 216 g/mol. The van der Waals surface area contributed by atoms with Gasteiger partial charge in [0, 0.05) is 6.42 Å². The summed E-state index contributed by atoms with van der Waals surface area (Å²) in [7, 11) is 0. The van der Waals surface area contributed by atoms with Crippen molar-refractivity contribution in [3.05, 3.63) is 41.5 Å². The van der Waals surface area contributed by atoms with Crippen molar-refractivity contribution in [3.63, 3.8) is 0 Å². The second-order valence-electron chi connectivity index (χ2n) is 3.91. The van der Waals surface area contributed by atoms with Crippen LogP contribution in [0.4, 0.5) is 0 Å². The molecule has 90 valence electrons. The summed E-state index contributed by atoms with van der Waals surface area (Å²) >= 11 is 0. The van der Waals surface area contributed by atoms with Crippen molar-refractivity contribution in [2.24, 2.45) is 0 Å². The Hall–Kier alpha value is -1.84. The third-order valence-corrected chi connectivity index (χ3v) is 2.42. The van der Waals surface area contributed by atoms with Gasteiger partial charge in [0.25, 0.3) is 0 Å². The summed E-state index contributed by atoms with van der Waals surface area (Å²) < 4.78 is 10.7. The lowest BCUT2D eigenvalue weighted by Crippen LogP contribution is -1.99. The van der Waals surface area contributed by atoms with Crippen LogP contribution in [0, 0.1) is 6.92 Å². The molecule has 0 N–H and O–H groups in total. The van der Waals surface area contributed by atoms with Gasteiger partial charge in [0.15, 0.2) is 6.61 Å². The Labute approximate surface area is 101 Å². The molecule has 1 aromatic heterocycles. The summed E-state index contributed by atoms with van der Waals surface area (Å²) in [5.41, 5.74) is 1.10. The molecule has 0 amide bonds. The number of para-hydroxylation sites is 1. The van der Waals surface area contributed by atoms with E-state index < -0.39 is 0 Å². The van der Waals surface area contributed by atoms with E-state index in [4.69, 9.17) is 9.26 Å². The van der Waals surface area contributed by atoms with E-state index >= 15 is 0 Å².